The normalized spacial score (nSPS) is 11.0. The molecule has 18 aromatic carbocycles. The quantitative estimate of drug-likeness (QED) is 0.125. The van der Waals surface area contributed by atoms with Gasteiger partial charge in [-0.1, -0.05) is 328 Å². The van der Waals surface area contributed by atoms with E-state index < -0.39 is 7.32 Å². The third kappa shape index (κ3) is 12.3. The summed E-state index contributed by atoms with van der Waals surface area (Å²) >= 11 is 0. The van der Waals surface area contributed by atoms with Crippen LogP contribution in [0.4, 0.5) is 51.2 Å². The number of benzene rings is 18. The molecule has 0 spiro atoms. The van der Waals surface area contributed by atoms with Gasteiger partial charge in [0.2, 0.25) is 0 Å². The molecule has 0 aliphatic rings. The van der Waals surface area contributed by atoms with Crippen LogP contribution in [0.5, 0.6) is 0 Å². The smallest absolute Gasteiger partial charge is 0.402 e. The van der Waals surface area contributed by atoms with Crippen LogP contribution in [0.3, 0.4) is 0 Å². The third-order valence-electron chi connectivity index (χ3n) is 18.1. The van der Waals surface area contributed by atoms with Crippen LogP contribution < -0.4 is 14.7 Å². The van der Waals surface area contributed by atoms with Crippen LogP contribution in [-0.2, 0) is 0 Å². The van der Waals surface area contributed by atoms with Gasteiger partial charge in [0.1, 0.15) is 0 Å². The molecule has 0 radical (unpaired) electrons. The van der Waals surface area contributed by atoms with Gasteiger partial charge in [-0.05, 0) is 103 Å². The number of anilines is 9. The van der Waals surface area contributed by atoms with Crippen molar-refractivity contribution in [2.45, 2.75) is 0 Å². The van der Waals surface area contributed by atoms with Crippen LogP contribution in [0.15, 0.2) is 382 Å². The van der Waals surface area contributed by atoms with Crippen molar-refractivity contribution in [3.8, 4) is 0 Å². The van der Waals surface area contributed by atoms with Crippen LogP contribution in [0, 0.1) is 0 Å². The third-order valence-corrected chi connectivity index (χ3v) is 18.1. The molecule has 7 heteroatoms. The van der Waals surface area contributed by atoms with Crippen LogP contribution in [0.2, 0.25) is 0 Å². The molecular formula is C90H66BN3O3. The molecule has 0 fully saturated rings. The van der Waals surface area contributed by atoms with E-state index in [0.717, 1.165) is 0 Å². The maximum absolute atomic E-state index is 7.17. The van der Waals surface area contributed by atoms with E-state index in [-0.39, 0.29) is 0 Å². The molecule has 18 rings (SSSR count). The monoisotopic (exact) mass is 1250 g/mol. The van der Waals surface area contributed by atoms with Gasteiger partial charge in [-0.25, -0.2) is 0 Å². The Bertz CT molecular complexity index is 4680. The summed E-state index contributed by atoms with van der Waals surface area (Å²) in [6.07, 6.45) is 0. The van der Waals surface area contributed by atoms with Crippen molar-refractivity contribution in [1.29, 1.82) is 0 Å². The Hall–Kier alpha value is -12.4. The molecule has 0 saturated carbocycles. The zero-order chi connectivity index (χ0) is 65.4. The molecule has 0 aromatic heterocycles. The van der Waals surface area contributed by atoms with E-state index in [2.05, 4.69) is 397 Å². The molecule has 6 nitrogen and oxygen atoms in total. The highest BCUT2D eigenvalue weighted by atomic mass is 16.5. The maximum Gasteiger partial charge on any atom is 0.631 e. The number of nitrogens with zero attached hydrogens (tertiary/aromatic N) is 3. The fourth-order valence-corrected chi connectivity index (χ4v) is 13.8. The van der Waals surface area contributed by atoms with Crippen molar-refractivity contribution >= 4 is 155 Å². The van der Waals surface area contributed by atoms with Gasteiger partial charge in [-0.15, -0.1) is 0 Å². The molecule has 3 N–H and O–H groups in total. The Balaban J connectivity index is 0.000000116. The van der Waals surface area contributed by atoms with E-state index in [9.17, 15) is 0 Å². The second kappa shape index (κ2) is 27.7. The van der Waals surface area contributed by atoms with Crippen molar-refractivity contribution in [2.75, 3.05) is 14.7 Å². The summed E-state index contributed by atoms with van der Waals surface area (Å²) in [5.74, 6) is 0. The lowest BCUT2D eigenvalue weighted by molar-refractivity contribution is 0.278. The number of fused-ring (bicyclic) bond motifs is 9. The van der Waals surface area contributed by atoms with E-state index in [1.807, 2.05) is 0 Å². The van der Waals surface area contributed by atoms with Gasteiger partial charge in [0.05, 0.1) is 51.2 Å². The zero-order valence-corrected chi connectivity index (χ0v) is 53.1. The highest BCUT2D eigenvalue weighted by Crippen LogP contribution is 2.48. The molecule has 97 heavy (non-hydrogen) atoms. The van der Waals surface area contributed by atoms with Crippen molar-refractivity contribution < 1.29 is 15.1 Å². The fourth-order valence-electron chi connectivity index (χ4n) is 13.8. The predicted octanol–water partition coefficient (Wildman–Crippen LogP) is 23.8. The molecule has 0 amide bonds. The Morgan fingerprint density at radius 3 is 0.340 bits per heavy atom. The lowest BCUT2D eigenvalue weighted by atomic mass is 10.0. The van der Waals surface area contributed by atoms with Crippen LogP contribution in [0.25, 0.3) is 97.0 Å². The second-order valence-corrected chi connectivity index (χ2v) is 23.8. The summed E-state index contributed by atoms with van der Waals surface area (Å²) in [6, 6.07) is 137. The first kappa shape index (κ1) is 60.9. The summed E-state index contributed by atoms with van der Waals surface area (Å²) in [5, 5.41) is 43.8. The Morgan fingerprint density at radius 1 is 0.134 bits per heavy atom. The van der Waals surface area contributed by atoms with Crippen LogP contribution in [0.1, 0.15) is 0 Å². The standard InChI is InChI=1S/3C30H21N.BH3O3/c3*1-4-16-25-22(10-1)13-7-19-28(25)31(29-20-8-14-23-11-2-5-17-26(23)29)30-21-9-15-24-12-3-6-18-27(24)30;2-1(3)4/h3*1-21H;2-4H. The molecular weight excluding hydrogens is 1180 g/mol. The van der Waals surface area contributed by atoms with E-state index in [0.29, 0.717) is 0 Å². The highest BCUT2D eigenvalue weighted by molar-refractivity contribution is 6.30. The number of hydrogen-bond donors (Lipinski definition) is 3. The van der Waals surface area contributed by atoms with Gasteiger partial charge in [0.15, 0.2) is 0 Å². The average Bonchev–Trinajstić information content (AvgIpc) is 0.786. The van der Waals surface area contributed by atoms with Crippen LogP contribution >= 0.6 is 0 Å². The molecule has 18 aromatic rings. The average molecular weight is 1250 g/mol. The molecule has 0 bridgehead atoms. The maximum atomic E-state index is 7.17. The van der Waals surface area contributed by atoms with Crippen molar-refractivity contribution in [3.63, 3.8) is 0 Å². The Labute approximate surface area is 564 Å². The molecule has 0 aliphatic heterocycles. The summed E-state index contributed by atoms with van der Waals surface area (Å²) in [5.41, 5.74) is 10.7. The molecule has 0 atom stereocenters. The van der Waals surface area contributed by atoms with Gasteiger partial charge in [-0.2, -0.15) is 0 Å². The Morgan fingerprint density at radius 2 is 0.227 bits per heavy atom. The van der Waals surface area contributed by atoms with Crippen molar-refractivity contribution in [1.82, 2.24) is 0 Å². The van der Waals surface area contributed by atoms with E-state index in [1.165, 1.54) is 148 Å². The van der Waals surface area contributed by atoms with Gasteiger partial charge in [0.25, 0.3) is 0 Å². The lowest BCUT2D eigenvalue weighted by Crippen LogP contribution is -2.11. The number of rotatable bonds is 9. The van der Waals surface area contributed by atoms with E-state index >= 15 is 0 Å². The lowest BCUT2D eigenvalue weighted by Gasteiger charge is -2.29. The number of hydrogen-bond acceptors (Lipinski definition) is 6. The molecule has 0 aliphatic carbocycles. The minimum atomic E-state index is -2.17. The first-order chi connectivity index (χ1) is 47.9. The fraction of sp³-hybridized carbons (Fsp3) is 0. The molecule has 0 heterocycles. The predicted molar refractivity (Wildman–Crippen MR) is 413 cm³/mol. The topological polar surface area (TPSA) is 70.4 Å². The largest absolute Gasteiger partial charge is 0.631 e. The van der Waals surface area contributed by atoms with Gasteiger partial charge in [0, 0.05) is 48.5 Å². The summed E-state index contributed by atoms with van der Waals surface area (Å²) < 4.78 is 0. The summed E-state index contributed by atoms with van der Waals surface area (Å²) in [7, 11) is -2.17. The molecule has 462 valence electrons. The zero-order valence-electron chi connectivity index (χ0n) is 53.1. The molecule has 0 unspecified atom stereocenters. The highest BCUT2D eigenvalue weighted by Gasteiger charge is 2.23. The van der Waals surface area contributed by atoms with Crippen LogP contribution in [-0.4, -0.2) is 22.4 Å². The summed E-state index contributed by atoms with van der Waals surface area (Å²) in [4.78, 5) is 7.27. The first-order valence-corrected chi connectivity index (χ1v) is 32.7. The molecule has 0 saturated heterocycles. The van der Waals surface area contributed by atoms with Gasteiger partial charge >= 0.3 is 7.32 Å². The minimum Gasteiger partial charge on any atom is -0.402 e. The van der Waals surface area contributed by atoms with Crippen molar-refractivity contribution in [2.24, 2.45) is 0 Å². The Kier molecular flexibility index (Phi) is 17.4. The van der Waals surface area contributed by atoms with Gasteiger partial charge < -0.3 is 29.8 Å². The first-order valence-electron chi connectivity index (χ1n) is 32.7. The van der Waals surface area contributed by atoms with E-state index in [1.54, 1.807) is 0 Å². The van der Waals surface area contributed by atoms with Gasteiger partial charge in [-0.3, -0.25) is 0 Å². The second-order valence-electron chi connectivity index (χ2n) is 23.8. The van der Waals surface area contributed by atoms with Crippen molar-refractivity contribution in [3.05, 3.63) is 382 Å². The SMILES string of the molecule is OB(O)O.c1ccc2c(N(c3cccc4ccccc34)c3cccc4ccccc34)cccc2c1.c1ccc2c(N(c3cccc4ccccc34)c3cccc4ccccc34)cccc2c1.c1ccc2c(N(c3cccc4ccccc34)c3cccc4ccccc34)cccc2c1. The summed E-state index contributed by atoms with van der Waals surface area (Å²) in [6.45, 7) is 0. The van der Waals surface area contributed by atoms with E-state index in [4.69, 9.17) is 15.1 Å². The minimum absolute atomic E-state index is 1.19.